The van der Waals surface area contributed by atoms with Crippen molar-refractivity contribution in [2.45, 2.75) is 39.0 Å². The molecule has 1 spiro atoms. The smallest absolute Gasteiger partial charge is 0.243 e. The molecule has 31 heavy (non-hydrogen) atoms. The molecule has 3 atom stereocenters. The van der Waals surface area contributed by atoms with E-state index < -0.39 is 16.7 Å². The van der Waals surface area contributed by atoms with Gasteiger partial charge in [0.1, 0.15) is 5.41 Å². The number of nitrogens with zero attached hydrogens (tertiary/aromatic N) is 4. The van der Waals surface area contributed by atoms with Crippen LogP contribution in [0.5, 0.6) is 0 Å². The molecule has 0 saturated heterocycles. The first kappa shape index (κ1) is 20.7. The number of hydrogen-bond donors (Lipinski definition) is 1. The van der Waals surface area contributed by atoms with E-state index in [0.29, 0.717) is 18.4 Å². The van der Waals surface area contributed by atoms with Crippen LogP contribution in [0.3, 0.4) is 0 Å². The molecule has 0 saturated carbocycles. The van der Waals surface area contributed by atoms with Crippen LogP contribution < -0.4 is 10.6 Å². The van der Waals surface area contributed by atoms with Gasteiger partial charge < -0.3 is 10.6 Å². The molecule has 1 heterocycles. The van der Waals surface area contributed by atoms with Crippen LogP contribution in [0, 0.1) is 56.7 Å². The summed E-state index contributed by atoms with van der Waals surface area (Å²) in [4.78, 5) is 15.5. The maximum Gasteiger partial charge on any atom is 0.243 e. The van der Waals surface area contributed by atoms with Gasteiger partial charge in [-0.15, -0.1) is 0 Å². The van der Waals surface area contributed by atoms with Gasteiger partial charge >= 0.3 is 0 Å². The second kappa shape index (κ2) is 6.47. The number of benzene rings is 1. The average Bonchev–Trinajstić information content (AvgIpc) is 2.97. The monoisotopic (exact) mass is 411 g/mol. The number of carbonyl (C=O) groups excluding carboxylic acids is 1. The van der Waals surface area contributed by atoms with E-state index in [-0.39, 0.29) is 28.5 Å². The Morgan fingerprint density at radius 2 is 1.81 bits per heavy atom. The van der Waals surface area contributed by atoms with Crippen molar-refractivity contribution in [2.24, 2.45) is 28.4 Å². The molecule has 0 unspecified atom stereocenters. The van der Waals surface area contributed by atoms with Crippen LogP contribution in [0.25, 0.3) is 0 Å². The minimum absolute atomic E-state index is 0.0362. The quantitative estimate of drug-likeness (QED) is 0.653. The molecule has 0 radical (unpaired) electrons. The van der Waals surface area contributed by atoms with Crippen molar-refractivity contribution in [3.05, 3.63) is 52.7 Å². The Hall–Kier alpha value is -3.56. The van der Waals surface area contributed by atoms with E-state index in [4.69, 9.17) is 5.73 Å². The van der Waals surface area contributed by atoms with E-state index in [1.807, 2.05) is 30.3 Å². The molecule has 0 fully saturated rings. The third kappa shape index (κ3) is 2.32. The Bertz CT molecular complexity index is 1170. The van der Waals surface area contributed by atoms with Gasteiger partial charge in [-0.25, -0.2) is 0 Å². The molecule has 0 aromatic heterocycles. The predicted molar refractivity (Wildman–Crippen MR) is 116 cm³/mol. The zero-order valence-corrected chi connectivity index (χ0v) is 18.2. The summed E-state index contributed by atoms with van der Waals surface area (Å²) in [7, 11) is 1.70. The first-order valence-corrected chi connectivity index (χ1v) is 10.4. The van der Waals surface area contributed by atoms with Crippen molar-refractivity contribution in [1.29, 1.82) is 15.8 Å². The minimum atomic E-state index is -1.74. The molecule has 1 aliphatic heterocycles. The highest BCUT2D eigenvalue weighted by Gasteiger charge is 2.66. The molecular weight excluding hydrogens is 386 g/mol. The van der Waals surface area contributed by atoms with Crippen LogP contribution >= 0.6 is 0 Å². The van der Waals surface area contributed by atoms with E-state index in [1.54, 1.807) is 11.9 Å². The van der Waals surface area contributed by atoms with Gasteiger partial charge in [0, 0.05) is 18.7 Å². The number of allylic oxidation sites excluding steroid dienone is 2. The van der Waals surface area contributed by atoms with Crippen molar-refractivity contribution in [3.63, 3.8) is 0 Å². The van der Waals surface area contributed by atoms with Crippen molar-refractivity contribution < 1.29 is 4.79 Å². The van der Waals surface area contributed by atoms with Gasteiger partial charge in [0.2, 0.25) is 11.3 Å². The lowest BCUT2D eigenvalue weighted by Gasteiger charge is -2.50. The van der Waals surface area contributed by atoms with Gasteiger partial charge in [0.25, 0.3) is 0 Å². The molecule has 156 valence electrons. The van der Waals surface area contributed by atoms with Gasteiger partial charge in [-0.05, 0) is 41.4 Å². The minimum Gasteiger partial charge on any atom is -0.399 e. The number of nitriles is 3. The van der Waals surface area contributed by atoms with Crippen molar-refractivity contribution in [2.75, 3.05) is 11.9 Å². The number of likely N-dealkylation sites (N-methyl/N-ethyl adjacent to an activating group) is 1. The Labute approximate surface area is 182 Å². The SMILES string of the molecule is CN1C(=O)[C@@]2(C(C#N)=C(N)C(C#N)(C#N)C3=CC[C@H](C(C)(C)C)C[C@H]32)c2ccccc21. The molecule has 3 aliphatic rings. The fraction of sp³-hybridized carbons (Fsp3) is 0.440. The molecule has 1 aromatic carbocycles. The molecule has 0 bridgehead atoms. The van der Waals surface area contributed by atoms with Crippen molar-refractivity contribution >= 4 is 11.6 Å². The Balaban J connectivity index is 2.15. The summed E-state index contributed by atoms with van der Waals surface area (Å²) in [6, 6.07) is 13.8. The molecular formula is C25H25N5O. The second-order valence-corrected chi connectivity index (χ2v) is 9.81. The summed E-state index contributed by atoms with van der Waals surface area (Å²) in [6.45, 7) is 6.46. The largest absolute Gasteiger partial charge is 0.399 e. The number of carbonyl (C=O) groups is 1. The predicted octanol–water partition coefficient (Wildman–Crippen LogP) is 3.68. The van der Waals surface area contributed by atoms with Crippen molar-refractivity contribution in [1.82, 2.24) is 0 Å². The Kier molecular flexibility index (Phi) is 4.32. The summed E-state index contributed by atoms with van der Waals surface area (Å²) in [5.41, 5.74) is 5.27. The second-order valence-electron chi connectivity index (χ2n) is 9.81. The number of nitrogens with two attached hydrogens (primary N) is 1. The standard InChI is InChI=1S/C25H25N5O/c1-23(2,3)15-9-10-16-18(11-15)25(19(12-26)21(29)24(16,13-27)14-28)17-7-5-6-8-20(17)30(4)22(25)31/h5-8,10,15,18H,9,11,29H2,1-4H3/t15-,18+,25-/m0/s1. The lowest BCUT2D eigenvalue weighted by Crippen LogP contribution is -2.55. The first-order valence-electron chi connectivity index (χ1n) is 10.4. The van der Waals surface area contributed by atoms with Crippen LogP contribution in [0.2, 0.25) is 0 Å². The fourth-order valence-electron chi connectivity index (χ4n) is 5.77. The number of anilines is 1. The normalized spacial score (nSPS) is 28.9. The molecule has 6 heteroatoms. The number of para-hydroxylation sites is 1. The molecule has 4 rings (SSSR count). The maximum atomic E-state index is 13.9. The van der Waals surface area contributed by atoms with Gasteiger partial charge in [-0.2, -0.15) is 15.8 Å². The van der Waals surface area contributed by atoms with Crippen molar-refractivity contribution in [3.8, 4) is 18.2 Å². The molecule has 2 aliphatic carbocycles. The first-order chi connectivity index (χ1) is 14.6. The maximum absolute atomic E-state index is 13.9. The van der Waals surface area contributed by atoms with E-state index in [2.05, 4.69) is 39.0 Å². The summed E-state index contributed by atoms with van der Waals surface area (Å²) in [5.74, 6) is -0.508. The number of amides is 1. The van der Waals surface area contributed by atoms with Gasteiger partial charge in [0.15, 0.2) is 0 Å². The highest BCUT2D eigenvalue weighted by atomic mass is 16.2. The molecule has 2 N–H and O–H groups in total. The zero-order valence-electron chi connectivity index (χ0n) is 18.2. The van der Waals surface area contributed by atoms with E-state index in [0.717, 1.165) is 11.3 Å². The summed E-state index contributed by atoms with van der Waals surface area (Å²) >= 11 is 0. The van der Waals surface area contributed by atoms with Crippen LogP contribution in [0.1, 0.15) is 39.2 Å². The van der Waals surface area contributed by atoms with Crippen LogP contribution in [-0.4, -0.2) is 13.0 Å². The lowest BCUT2D eigenvalue weighted by atomic mass is 9.49. The van der Waals surface area contributed by atoms with E-state index >= 15 is 0 Å². The van der Waals surface area contributed by atoms with Crippen LogP contribution in [-0.2, 0) is 10.2 Å². The Morgan fingerprint density at radius 3 is 2.39 bits per heavy atom. The molecule has 1 aromatic rings. The fourth-order valence-corrected chi connectivity index (χ4v) is 5.77. The van der Waals surface area contributed by atoms with Gasteiger partial charge in [-0.1, -0.05) is 45.0 Å². The number of fused-ring (bicyclic) bond motifs is 4. The number of hydrogen-bond acceptors (Lipinski definition) is 5. The number of rotatable bonds is 0. The summed E-state index contributed by atoms with van der Waals surface area (Å²) in [6.07, 6.45) is 3.22. The van der Waals surface area contributed by atoms with Gasteiger partial charge in [-0.3, -0.25) is 4.79 Å². The average molecular weight is 412 g/mol. The topological polar surface area (TPSA) is 118 Å². The van der Waals surface area contributed by atoms with E-state index in [1.165, 1.54) is 0 Å². The van der Waals surface area contributed by atoms with Crippen LogP contribution in [0.4, 0.5) is 5.69 Å². The van der Waals surface area contributed by atoms with Crippen LogP contribution in [0.15, 0.2) is 47.2 Å². The highest BCUT2D eigenvalue weighted by molar-refractivity contribution is 6.11. The van der Waals surface area contributed by atoms with E-state index in [9.17, 15) is 20.6 Å². The summed E-state index contributed by atoms with van der Waals surface area (Å²) < 4.78 is 0. The zero-order chi connectivity index (χ0) is 22.8. The third-order valence-corrected chi connectivity index (χ3v) is 7.55. The van der Waals surface area contributed by atoms with Gasteiger partial charge in [0.05, 0.1) is 29.5 Å². The highest BCUT2D eigenvalue weighted by Crippen LogP contribution is 2.63. The lowest BCUT2D eigenvalue weighted by molar-refractivity contribution is -0.123. The third-order valence-electron chi connectivity index (χ3n) is 7.55. The Morgan fingerprint density at radius 1 is 1.16 bits per heavy atom. The molecule has 1 amide bonds. The summed E-state index contributed by atoms with van der Waals surface area (Å²) in [5, 5.41) is 30.5. The molecule has 6 nitrogen and oxygen atoms in total.